The molecule has 5 rings (SSSR count). The Morgan fingerprint density at radius 2 is 2.16 bits per heavy atom. The van der Waals surface area contributed by atoms with Crippen molar-refractivity contribution in [1.82, 2.24) is 25.2 Å². The molecular weight excluding hydrogens is 483 g/mol. The molecule has 194 valence electrons. The molecule has 0 saturated carbocycles. The van der Waals surface area contributed by atoms with Gasteiger partial charge < -0.3 is 30.1 Å². The number of anilines is 1. The molecule has 2 amide bonds. The molecule has 12 heteroatoms. The average Bonchev–Trinajstić information content (AvgIpc) is 2.91. The predicted octanol–water partition coefficient (Wildman–Crippen LogP) is 2.74. The van der Waals surface area contributed by atoms with E-state index in [2.05, 4.69) is 25.6 Å². The van der Waals surface area contributed by atoms with Crippen molar-refractivity contribution in [3.05, 3.63) is 47.5 Å². The van der Waals surface area contributed by atoms with Crippen molar-refractivity contribution in [1.29, 1.82) is 0 Å². The molecule has 0 spiro atoms. The van der Waals surface area contributed by atoms with Crippen LogP contribution < -0.4 is 20.1 Å². The number of hydrogen-bond donors (Lipinski definition) is 3. The largest absolute Gasteiger partial charge is 0.481 e. The quantitative estimate of drug-likeness (QED) is 0.438. The van der Waals surface area contributed by atoms with Crippen molar-refractivity contribution >= 4 is 28.9 Å². The molecule has 5 heterocycles. The molecule has 1 fully saturated rings. The summed E-state index contributed by atoms with van der Waals surface area (Å²) in [5, 5.41) is 15.9. The van der Waals surface area contributed by atoms with Gasteiger partial charge >= 0.3 is 6.09 Å². The van der Waals surface area contributed by atoms with Crippen molar-refractivity contribution in [2.24, 2.45) is 0 Å². The summed E-state index contributed by atoms with van der Waals surface area (Å²) < 4.78 is 25.2. The molecule has 0 unspecified atom stereocenters. The van der Waals surface area contributed by atoms with Crippen LogP contribution in [-0.4, -0.2) is 69.3 Å². The van der Waals surface area contributed by atoms with Crippen LogP contribution in [0.25, 0.3) is 11.0 Å². The minimum Gasteiger partial charge on any atom is -0.481 e. The number of halogens is 1. The zero-order valence-corrected chi connectivity index (χ0v) is 20.2. The number of pyridine rings is 3. The number of hydrogen-bond acceptors (Lipinski definition) is 8. The van der Waals surface area contributed by atoms with Crippen LogP contribution in [-0.2, 0) is 17.8 Å². The molecule has 2 atom stereocenters. The Hall–Kier alpha value is -4.06. The third-order valence-electron chi connectivity index (χ3n) is 6.73. The number of methoxy groups -OCH3 is 1. The second kappa shape index (κ2) is 10.5. The van der Waals surface area contributed by atoms with E-state index >= 15 is 0 Å². The monoisotopic (exact) mass is 510 g/mol. The highest BCUT2D eigenvalue weighted by Crippen LogP contribution is 2.28. The number of piperidine rings is 1. The summed E-state index contributed by atoms with van der Waals surface area (Å²) in [5.41, 5.74) is 2.10. The first-order valence-electron chi connectivity index (χ1n) is 12.0. The fraction of sp³-hybridized carbons (Fsp3) is 0.400. The molecule has 0 aromatic carbocycles. The van der Waals surface area contributed by atoms with E-state index in [0.29, 0.717) is 72.1 Å². The first kappa shape index (κ1) is 24.6. The van der Waals surface area contributed by atoms with Gasteiger partial charge in [-0.05, 0) is 43.9 Å². The number of nitrogens with one attached hydrogen (secondary N) is 2. The Morgan fingerprint density at radius 1 is 1.30 bits per heavy atom. The van der Waals surface area contributed by atoms with Gasteiger partial charge in [-0.15, -0.1) is 0 Å². The second-order valence-electron chi connectivity index (χ2n) is 9.07. The van der Waals surface area contributed by atoms with Gasteiger partial charge in [0, 0.05) is 36.8 Å². The van der Waals surface area contributed by atoms with Crippen LogP contribution >= 0.6 is 0 Å². The van der Waals surface area contributed by atoms with Crippen molar-refractivity contribution < 1.29 is 28.6 Å². The van der Waals surface area contributed by atoms with E-state index in [1.165, 1.54) is 18.2 Å². The van der Waals surface area contributed by atoms with Crippen LogP contribution in [0.15, 0.2) is 30.5 Å². The number of carbonyl (C=O) groups is 2. The standard InChI is InChI=1S/C25H27FN6O5/c1-36-22-9-7-19-23(31-22)17(18(26)11-28-19)6-5-16-4-2-15(12-32(16)25(34)35)27-10-14-3-8-20-24(29-14)30-21(33)13-37-20/h3,7-9,11,15-16,27H,2,4-6,10,12-13H2,1H3,(H,34,35)(H,29,30,33)/t15-,16+/m0/s1. The highest BCUT2D eigenvalue weighted by Gasteiger charge is 2.31. The molecule has 3 aromatic rings. The van der Waals surface area contributed by atoms with Crippen LogP contribution in [0.2, 0.25) is 0 Å². The molecule has 3 aromatic heterocycles. The summed E-state index contributed by atoms with van der Waals surface area (Å²) in [6, 6.07) is 6.63. The molecule has 0 bridgehead atoms. The zero-order valence-electron chi connectivity index (χ0n) is 20.2. The summed E-state index contributed by atoms with van der Waals surface area (Å²) in [5.74, 6) is 0.547. The minimum atomic E-state index is -1.01. The van der Waals surface area contributed by atoms with Crippen LogP contribution in [0.3, 0.4) is 0 Å². The summed E-state index contributed by atoms with van der Waals surface area (Å²) in [4.78, 5) is 37.9. The topological polar surface area (TPSA) is 139 Å². The van der Waals surface area contributed by atoms with Crippen LogP contribution in [0.1, 0.15) is 30.5 Å². The number of fused-ring (bicyclic) bond motifs is 2. The van der Waals surface area contributed by atoms with Gasteiger partial charge in [0.15, 0.2) is 18.2 Å². The number of carboxylic acid groups (broad SMARTS) is 1. The fourth-order valence-electron chi connectivity index (χ4n) is 4.82. The van der Waals surface area contributed by atoms with Crippen molar-refractivity contribution in [2.45, 2.75) is 44.3 Å². The number of ether oxygens (including phenoxy) is 2. The van der Waals surface area contributed by atoms with E-state index < -0.39 is 11.9 Å². The zero-order chi connectivity index (χ0) is 25.9. The van der Waals surface area contributed by atoms with Crippen molar-refractivity contribution in [3.8, 4) is 11.6 Å². The first-order valence-corrected chi connectivity index (χ1v) is 12.0. The van der Waals surface area contributed by atoms with E-state index in [0.717, 1.165) is 6.42 Å². The van der Waals surface area contributed by atoms with E-state index in [9.17, 15) is 19.1 Å². The Balaban J connectivity index is 1.22. The lowest BCUT2D eigenvalue weighted by Crippen LogP contribution is -2.52. The van der Waals surface area contributed by atoms with Crippen LogP contribution in [0.4, 0.5) is 15.0 Å². The molecule has 11 nitrogen and oxygen atoms in total. The van der Waals surface area contributed by atoms with Gasteiger partial charge in [-0.2, -0.15) is 0 Å². The lowest BCUT2D eigenvalue weighted by atomic mass is 9.93. The van der Waals surface area contributed by atoms with Crippen LogP contribution in [0.5, 0.6) is 11.6 Å². The summed E-state index contributed by atoms with van der Waals surface area (Å²) in [7, 11) is 1.49. The Labute approximate surface area is 212 Å². The predicted molar refractivity (Wildman–Crippen MR) is 131 cm³/mol. The fourth-order valence-corrected chi connectivity index (χ4v) is 4.82. The third kappa shape index (κ3) is 5.38. The lowest BCUT2D eigenvalue weighted by Gasteiger charge is -2.38. The summed E-state index contributed by atoms with van der Waals surface area (Å²) in [6.07, 6.45) is 2.33. The molecule has 37 heavy (non-hydrogen) atoms. The molecule has 0 aliphatic carbocycles. The molecule has 3 N–H and O–H groups in total. The van der Waals surface area contributed by atoms with Gasteiger partial charge in [0.25, 0.3) is 5.91 Å². The maximum Gasteiger partial charge on any atom is 0.407 e. The van der Waals surface area contributed by atoms with E-state index in [1.54, 1.807) is 24.3 Å². The van der Waals surface area contributed by atoms with Gasteiger partial charge in [-0.25, -0.2) is 19.2 Å². The molecule has 2 aliphatic rings. The third-order valence-corrected chi connectivity index (χ3v) is 6.73. The Kier molecular flexibility index (Phi) is 6.99. The number of carbonyl (C=O) groups excluding carboxylic acids is 1. The molecule has 1 saturated heterocycles. The number of likely N-dealkylation sites (tertiary alicyclic amines) is 1. The van der Waals surface area contributed by atoms with Gasteiger partial charge in [0.05, 0.1) is 30.0 Å². The maximum absolute atomic E-state index is 14.7. The smallest absolute Gasteiger partial charge is 0.407 e. The molecule has 0 radical (unpaired) electrons. The van der Waals surface area contributed by atoms with Gasteiger partial charge in [0.1, 0.15) is 5.82 Å². The number of aryl methyl sites for hydroxylation is 1. The highest BCUT2D eigenvalue weighted by atomic mass is 19.1. The van der Waals surface area contributed by atoms with E-state index in [4.69, 9.17) is 9.47 Å². The summed E-state index contributed by atoms with van der Waals surface area (Å²) >= 11 is 0. The number of amides is 2. The summed E-state index contributed by atoms with van der Waals surface area (Å²) in [6.45, 7) is 0.680. The molecular formula is C25H27FN6O5. The number of rotatable bonds is 7. The second-order valence-corrected chi connectivity index (χ2v) is 9.07. The van der Waals surface area contributed by atoms with Gasteiger partial charge in [-0.1, -0.05) is 0 Å². The Morgan fingerprint density at radius 3 is 2.97 bits per heavy atom. The Bertz CT molecular complexity index is 1340. The van der Waals surface area contributed by atoms with Crippen LogP contribution in [0, 0.1) is 5.82 Å². The lowest BCUT2D eigenvalue weighted by molar-refractivity contribution is -0.118. The average molecular weight is 511 g/mol. The van der Waals surface area contributed by atoms with Gasteiger partial charge in [0.2, 0.25) is 5.88 Å². The van der Waals surface area contributed by atoms with Crippen molar-refractivity contribution in [3.63, 3.8) is 0 Å². The number of nitrogens with zero attached hydrogens (tertiary/aromatic N) is 4. The first-order chi connectivity index (χ1) is 17.9. The highest BCUT2D eigenvalue weighted by molar-refractivity contribution is 5.94. The number of aromatic nitrogens is 3. The van der Waals surface area contributed by atoms with Gasteiger partial charge in [-0.3, -0.25) is 9.78 Å². The minimum absolute atomic E-state index is 0.0325. The van der Waals surface area contributed by atoms with E-state index in [-0.39, 0.29) is 24.6 Å². The maximum atomic E-state index is 14.7. The van der Waals surface area contributed by atoms with Crippen molar-refractivity contribution in [2.75, 3.05) is 25.6 Å². The SMILES string of the molecule is COc1ccc2ncc(F)c(CC[C@H]3CC[C@H](NCc4ccc5c(n4)NC(=O)CO5)CN3C(=O)O)c2n1. The normalized spacial score (nSPS) is 19.2. The van der Waals surface area contributed by atoms with E-state index in [1.807, 2.05) is 0 Å². The molecule has 2 aliphatic heterocycles.